The van der Waals surface area contributed by atoms with Crippen LogP contribution in [-0.2, 0) is 10.0 Å². The van der Waals surface area contributed by atoms with E-state index in [1.807, 2.05) is 0 Å². The third-order valence-electron chi connectivity index (χ3n) is 3.93. The van der Waals surface area contributed by atoms with Crippen LogP contribution in [-0.4, -0.2) is 25.4 Å². The maximum Gasteiger partial charge on any atom is 0.337 e. The summed E-state index contributed by atoms with van der Waals surface area (Å²) in [4.78, 5) is 23.7. The Bertz CT molecular complexity index is 1160. The zero-order valence-corrected chi connectivity index (χ0v) is 16.4. The number of carboxylic acids is 1. The SMILES string of the molecule is O=C(Nc1ccccc1C(=O)O)c1ccc(NS(=O)(=O)c2ccc(Cl)cc2)cc1. The number of amides is 1. The predicted molar refractivity (Wildman–Crippen MR) is 110 cm³/mol. The van der Waals surface area contributed by atoms with Crippen LogP contribution in [0.3, 0.4) is 0 Å². The van der Waals surface area contributed by atoms with E-state index in [4.69, 9.17) is 11.6 Å². The van der Waals surface area contributed by atoms with Gasteiger partial charge in [-0.2, -0.15) is 0 Å². The van der Waals surface area contributed by atoms with Gasteiger partial charge < -0.3 is 10.4 Å². The van der Waals surface area contributed by atoms with Crippen molar-refractivity contribution < 1.29 is 23.1 Å². The maximum absolute atomic E-state index is 12.4. The maximum atomic E-state index is 12.4. The molecule has 0 saturated carbocycles. The lowest BCUT2D eigenvalue weighted by atomic mass is 10.1. The largest absolute Gasteiger partial charge is 0.478 e. The molecular formula is C20H15ClN2O5S. The van der Waals surface area contributed by atoms with Crippen molar-refractivity contribution in [3.05, 3.63) is 88.9 Å². The van der Waals surface area contributed by atoms with Crippen LogP contribution in [0.4, 0.5) is 11.4 Å². The van der Waals surface area contributed by atoms with Crippen molar-refractivity contribution in [3.8, 4) is 0 Å². The van der Waals surface area contributed by atoms with E-state index in [-0.39, 0.29) is 27.4 Å². The van der Waals surface area contributed by atoms with E-state index in [1.54, 1.807) is 12.1 Å². The molecule has 0 unspecified atom stereocenters. The minimum atomic E-state index is -3.80. The van der Waals surface area contributed by atoms with Gasteiger partial charge in [-0.15, -0.1) is 0 Å². The normalized spacial score (nSPS) is 10.9. The van der Waals surface area contributed by atoms with Gasteiger partial charge in [0.05, 0.1) is 16.1 Å². The summed E-state index contributed by atoms with van der Waals surface area (Å²) in [5, 5.41) is 12.1. The Kier molecular flexibility index (Phi) is 5.86. The number of sulfonamides is 1. The lowest BCUT2D eigenvalue weighted by Gasteiger charge is -2.10. The molecule has 29 heavy (non-hydrogen) atoms. The second kappa shape index (κ2) is 8.34. The summed E-state index contributed by atoms with van der Waals surface area (Å²) >= 11 is 5.77. The van der Waals surface area contributed by atoms with Crippen molar-refractivity contribution in [1.29, 1.82) is 0 Å². The highest BCUT2D eigenvalue weighted by Gasteiger charge is 2.15. The molecule has 0 heterocycles. The van der Waals surface area contributed by atoms with E-state index in [2.05, 4.69) is 10.0 Å². The molecule has 148 valence electrons. The third-order valence-corrected chi connectivity index (χ3v) is 5.58. The average molecular weight is 431 g/mol. The lowest BCUT2D eigenvalue weighted by molar-refractivity contribution is 0.0698. The highest BCUT2D eigenvalue weighted by Crippen LogP contribution is 2.20. The van der Waals surface area contributed by atoms with E-state index in [1.165, 1.54) is 60.7 Å². The van der Waals surface area contributed by atoms with E-state index in [0.717, 1.165) is 0 Å². The number of hydrogen-bond acceptors (Lipinski definition) is 4. The minimum Gasteiger partial charge on any atom is -0.478 e. The van der Waals surface area contributed by atoms with Crippen LogP contribution >= 0.6 is 11.6 Å². The number of carbonyl (C=O) groups excluding carboxylic acids is 1. The molecule has 1 amide bonds. The van der Waals surface area contributed by atoms with E-state index < -0.39 is 21.9 Å². The Morgan fingerprint density at radius 2 is 1.48 bits per heavy atom. The van der Waals surface area contributed by atoms with Crippen LogP contribution in [0.15, 0.2) is 77.7 Å². The van der Waals surface area contributed by atoms with Gasteiger partial charge in [0, 0.05) is 16.3 Å². The zero-order valence-electron chi connectivity index (χ0n) is 14.8. The molecule has 9 heteroatoms. The fourth-order valence-electron chi connectivity index (χ4n) is 2.49. The van der Waals surface area contributed by atoms with Gasteiger partial charge in [0.2, 0.25) is 0 Å². The van der Waals surface area contributed by atoms with Gasteiger partial charge in [-0.3, -0.25) is 9.52 Å². The predicted octanol–water partition coefficient (Wildman–Crippen LogP) is 4.09. The average Bonchev–Trinajstić information content (AvgIpc) is 2.69. The summed E-state index contributed by atoms with van der Waals surface area (Å²) < 4.78 is 27.2. The summed E-state index contributed by atoms with van der Waals surface area (Å²) in [5.41, 5.74) is 0.632. The number of aromatic carboxylic acids is 1. The summed E-state index contributed by atoms with van der Waals surface area (Å²) in [7, 11) is -3.80. The second-order valence-corrected chi connectivity index (χ2v) is 8.06. The number of carbonyl (C=O) groups is 2. The molecule has 3 N–H and O–H groups in total. The molecule has 3 rings (SSSR count). The van der Waals surface area contributed by atoms with E-state index in [0.29, 0.717) is 5.02 Å². The standard InChI is InChI=1S/C20H15ClN2O5S/c21-14-7-11-16(12-8-14)29(27,28)23-15-9-5-13(6-10-15)19(24)22-18-4-2-1-3-17(18)20(25)26/h1-12,23H,(H,22,24)(H,25,26). The first-order chi connectivity index (χ1) is 13.8. The minimum absolute atomic E-state index is 0.0341. The number of nitrogens with one attached hydrogen (secondary N) is 2. The van der Waals surface area contributed by atoms with Gasteiger partial charge in [-0.05, 0) is 60.7 Å². The Balaban J connectivity index is 1.74. The van der Waals surface area contributed by atoms with Crippen LogP contribution in [0.5, 0.6) is 0 Å². The van der Waals surface area contributed by atoms with Crippen molar-refractivity contribution in [2.75, 3.05) is 10.0 Å². The van der Waals surface area contributed by atoms with Gasteiger partial charge >= 0.3 is 5.97 Å². The molecule has 0 bridgehead atoms. The van der Waals surface area contributed by atoms with Crippen molar-refractivity contribution in [3.63, 3.8) is 0 Å². The first-order valence-electron chi connectivity index (χ1n) is 8.28. The molecule has 0 spiro atoms. The monoisotopic (exact) mass is 430 g/mol. The van der Waals surface area contributed by atoms with Crippen molar-refractivity contribution >= 4 is 44.9 Å². The van der Waals surface area contributed by atoms with Crippen molar-refractivity contribution in [1.82, 2.24) is 0 Å². The first-order valence-corrected chi connectivity index (χ1v) is 10.1. The van der Waals surface area contributed by atoms with Gasteiger partial charge in [0.1, 0.15) is 0 Å². The van der Waals surface area contributed by atoms with Gasteiger partial charge in [-0.25, -0.2) is 13.2 Å². The summed E-state index contributed by atoms with van der Waals surface area (Å²) in [6.07, 6.45) is 0. The number of anilines is 2. The molecule has 3 aromatic carbocycles. The highest BCUT2D eigenvalue weighted by molar-refractivity contribution is 7.92. The summed E-state index contributed by atoms with van der Waals surface area (Å²) in [6, 6.07) is 17.5. The van der Waals surface area contributed by atoms with Gasteiger partial charge in [0.25, 0.3) is 15.9 Å². The fourth-order valence-corrected chi connectivity index (χ4v) is 3.68. The van der Waals surface area contributed by atoms with Gasteiger partial charge in [0.15, 0.2) is 0 Å². The number of rotatable bonds is 6. The number of halogens is 1. The molecule has 0 fully saturated rings. The quantitative estimate of drug-likeness (QED) is 0.545. The number of para-hydroxylation sites is 1. The third kappa shape index (κ3) is 4.92. The number of hydrogen-bond donors (Lipinski definition) is 3. The Morgan fingerprint density at radius 1 is 0.862 bits per heavy atom. The Hall–Kier alpha value is -3.36. The second-order valence-electron chi connectivity index (χ2n) is 5.94. The fraction of sp³-hybridized carbons (Fsp3) is 0. The molecule has 7 nitrogen and oxygen atoms in total. The smallest absolute Gasteiger partial charge is 0.337 e. The molecule has 0 atom stereocenters. The van der Waals surface area contributed by atoms with Crippen LogP contribution in [0.2, 0.25) is 5.02 Å². The molecule has 3 aromatic rings. The highest BCUT2D eigenvalue weighted by atomic mass is 35.5. The van der Waals surface area contributed by atoms with Crippen LogP contribution in [0.1, 0.15) is 20.7 Å². The van der Waals surface area contributed by atoms with E-state index >= 15 is 0 Å². The molecule has 0 radical (unpaired) electrons. The number of benzene rings is 3. The van der Waals surface area contributed by atoms with Crippen LogP contribution in [0, 0.1) is 0 Å². The molecule has 0 saturated heterocycles. The lowest BCUT2D eigenvalue weighted by Crippen LogP contribution is -2.15. The van der Waals surface area contributed by atoms with Crippen LogP contribution < -0.4 is 10.0 Å². The molecule has 0 aliphatic carbocycles. The topological polar surface area (TPSA) is 113 Å². The number of carboxylic acid groups (broad SMARTS) is 1. The molecule has 0 aliphatic rings. The van der Waals surface area contributed by atoms with Crippen molar-refractivity contribution in [2.45, 2.75) is 4.90 Å². The molecule has 0 aliphatic heterocycles. The summed E-state index contributed by atoms with van der Waals surface area (Å²) in [6.45, 7) is 0. The first kappa shape index (κ1) is 20.4. The molecule has 0 aromatic heterocycles. The van der Waals surface area contributed by atoms with Gasteiger partial charge in [-0.1, -0.05) is 23.7 Å². The Morgan fingerprint density at radius 3 is 2.10 bits per heavy atom. The summed E-state index contributed by atoms with van der Waals surface area (Å²) in [5.74, 6) is -1.68. The van der Waals surface area contributed by atoms with Crippen LogP contribution in [0.25, 0.3) is 0 Å². The molecular weight excluding hydrogens is 416 g/mol. The zero-order chi connectivity index (χ0) is 21.0. The van der Waals surface area contributed by atoms with Crippen molar-refractivity contribution in [2.24, 2.45) is 0 Å². The Labute approximate surface area is 172 Å². The van der Waals surface area contributed by atoms with E-state index in [9.17, 15) is 23.1 Å².